The summed E-state index contributed by atoms with van der Waals surface area (Å²) in [5.74, 6) is 1.41. The average molecular weight is 311 g/mol. The van der Waals surface area contributed by atoms with Gasteiger partial charge >= 0.3 is 0 Å². The number of methoxy groups -OCH3 is 1. The molecule has 1 aromatic carbocycles. The van der Waals surface area contributed by atoms with E-state index >= 15 is 0 Å². The third-order valence-electron chi connectivity index (χ3n) is 3.29. The van der Waals surface area contributed by atoms with Crippen LogP contribution in [0.25, 0.3) is 0 Å². The second-order valence-corrected chi connectivity index (χ2v) is 4.96. The molecule has 1 heterocycles. The molecule has 0 atom stereocenters. The molecular formula is C18H21N3O2. The van der Waals surface area contributed by atoms with Gasteiger partial charge in [0.25, 0.3) is 5.91 Å². The summed E-state index contributed by atoms with van der Waals surface area (Å²) >= 11 is 0. The molecule has 0 radical (unpaired) electrons. The van der Waals surface area contributed by atoms with E-state index in [-0.39, 0.29) is 5.91 Å². The summed E-state index contributed by atoms with van der Waals surface area (Å²) in [5, 5.41) is 5.95. The van der Waals surface area contributed by atoms with Crippen molar-refractivity contribution in [3.8, 4) is 5.75 Å². The molecule has 0 unspecified atom stereocenters. The van der Waals surface area contributed by atoms with E-state index in [0.717, 1.165) is 23.6 Å². The Bertz CT molecular complexity index is 654. The minimum atomic E-state index is -0.129. The lowest BCUT2D eigenvalue weighted by molar-refractivity contribution is 0.0954. The van der Waals surface area contributed by atoms with Crippen molar-refractivity contribution < 1.29 is 9.53 Å². The predicted molar refractivity (Wildman–Crippen MR) is 92.0 cm³/mol. The highest BCUT2D eigenvalue weighted by atomic mass is 16.5. The van der Waals surface area contributed by atoms with Crippen molar-refractivity contribution in [1.29, 1.82) is 0 Å². The fourth-order valence-electron chi connectivity index (χ4n) is 2.06. The number of pyridine rings is 1. The minimum Gasteiger partial charge on any atom is -0.497 e. The zero-order valence-corrected chi connectivity index (χ0v) is 13.2. The summed E-state index contributed by atoms with van der Waals surface area (Å²) in [4.78, 5) is 16.3. The average Bonchev–Trinajstić information content (AvgIpc) is 2.60. The molecule has 2 aromatic rings. The summed E-state index contributed by atoms with van der Waals surface area (Å²) in [6.45, 7) is 4.82. The van der Waals surface area contributed by atoms with E-state index in [0.29, 0.717) is 18.7 Å². The van der Waals surface area contributed by atoms with E-state index in [1.165, 1.54) is 0 Å². The third kappa shape index (κ3) is 5.14. The van der Waals surface area contributed by atoms with Crippen molar-refractivity contribution in [3.05, 3.63) is 66.4 Å². The maximum Gasteiger partial charge on any atom is 0.252 e. The number of ether oxygens (including phenoxy) is 1. The first-order valence-electron chi connectivity index (χ1n) is 7.45. The number of carbonyl (C=O) groups is 1. The molecule has 5 heteroatoms. The van der Waals surface area contributed by atoms with Crippen molar-refractivity contribution in [2.45, 2.75) is 6.42 Å². The number of benzene rings is 1. The number of hydrogen-bond donors (Lipinski definition) is 2. The lowest BCUT2D eigenvalue weighted by atomic mass is 10.1. The fraction of sp³-hybridized carbons (Fsp3) is 0.222. The molecule has 120 valence electrons. The smallest absolute Gasteiger partial charge is 0.252 e. The van der Waals surface area contributed by atoms with Gasteiger partial charge in [0.05, 0.1) is 12.7 Å². The molecule has 0 spiro atoms. The van der Waals surface area contributed by atoms with Crippen LogP contribution in [0.3, 0.4) is 0 Å². The van der Waals surface area contributed by atoms with Crippen molar-refractivity contribution in [3.63, 3.8) is 0 Å². The topological polar surface area (TPSA) is 63.2 Å². The summed E-state index contributed by atoms with van der Waals surface area (Å²) in [6, 6.07) is 11.3. The maximum atomic E-state index is 12.1. The van der Waals surface area contributed by atoms with Crippen LogP contribution in [0, 0.1) is 0 Å². The molecule has 1 aromatic heterocycles. The van der Waals surface area contributed by atoms with E-state index in [1.807, 2.05) is 24.3 Å². The van der Waals surface area contributed by atoms with Crippen molar-refractivity contribution in [1.82, 2.24) is 10.3 Å². The molecule has 0 aliphatic heterocycles. The van der Waals surface area contributed by atoms with Gasteiger partial charge in [0.2, 0.25) is 0 Å². The number of carbonyl (C=O) groups excluding carboxylic acids is 1. The van der Waals surface area contributed by atoms with Gasteiger partial charge in [-0.05, 0) is 36.2 Å². The number of amides is 1. The second kappa shape index (κ2) is 8.58. The van der Waals surface area contributed by atoms with Gasteiger partial charge in [-0.1, -0.05) is 18.2 Å². The number of hydrogen-bond acceptors (Lipinski definition) is 4. The van der Waals surface area contributed by atoms with Crippen LogP contribution in [-0.4, -0.2) is 31.1 Å². The number of nitrogens with zero attached hydrogens (tertiary/aromatic N) is 1. The fourth-order valence-corrected chi connectivity index (χ4v) is 2.06. The van der Waals surface area contributed by atoms with Gasteiger partial charge < -0.3 is 15.4 Å². The number of anilines is 1. The second-order valence-electron chi connectivity index (χ2n) is 4.96. The Balaban J connectivity index is 1.83. The van der Waals surface area contributed by atoms with Crippen LogP contribution in [0.1, 0.15) is 15.9 Å². The Labute approximate surface area is 136 Å². The molecule has 23 heavy (non-hydrogen) atoms. The zero-order valence-electron chi connectivity index (χ0n) is 13.2. The molecule has 5 nitrogen and oxygen atoms in total. The highest BCUT2D eigenvalue weighted by Gasteiger charge is 2.05. The Morgan fingerprint density at radius 2 is 2.22 bits per heavy atom. The lowest BCUT2D eigenvalue weighted by Gasteiger charge is -2.07. The maximum absolute atomic E-state index is 12.1. The molecule has 0 aliphatic carbocycles. The highest BCUT2D eigenvalue weighted by molar-refractivity contribution is 5.94. The Hall–Kier alpha value is -2.82. The SMILES string of the molecule is C=CCNc1ccc(C(=O)NCCc2cccc(OC)c2)cn1. The van der Waals surface area contributed by atoms with E-state index < -0.39 is 0 Å². The van der Waals surface area contributed by atoms with Crippen molar-refractivity contribution in [2.24, 2.45) is 0 Å². The Kier molecular flexibility index (Phi) is 6.17. The van der Waals surface area contributed by atoms with Crippen LogP contribution in [0.4, 0.5) is 5.82 Å². The first-order chi connectivity index (χ1) is 11.2. The van der Waals surface area contributed by atoms with Gasteiger partial charge in [0.1, 0.15) is 11.6 Å². The van der Waals surface area contributed by atoms with Crippen LogP contribution < -0.4 is 15.4 Å². The largest absolute Gasteiger partial charge is 0.497 e. The molecule has 1 amide bonds. The molecule has 0 bridgehead atoms. The quantitative estimate of drug-likeness (QED) is 0.736. The Morgan fingerprint density at radius 1 is 1.35 bits per heavy atom. The van der Waals surface area contributed by atoms with Crippen molar-refractivity contribution in [2.75, 3.05) is 25.5 Å². The number of rotatable bonds is 8. The normalized spacial score (nSPS) is 9.96. The van der Waals surface area contributed by atoms with Crippen LogP contribution in [-0.2, 0) is 6.42 Å². The Morgan fingerprint density at radius 3 is 2.91 bits per heavy atom. The summed E-state index contributed by atoms with van der Waals surface area (Å²) < 4.78 is 5.18. The van der Waals surface area contributed by atoms with E-state index in [2.05, 4.69) is 22.2 Å². The summed E-state index contributed by atoms with van der Waals surface area (Å²) in [7, 11) is 1.64. The molecule has 0 aliphatic rings. The summed E-state index contributed by atoms with van der Waals surface area (Å²) in [5.41, 5.74) is 1.66. The van der Waals surface area contributed by atoms with Gasteiger partial charge in [-0.15, -0.1) is 6.58 Å². The van der Waals surface area contributed by atoms with Gasteiger partial charge in [0.15, 0.2) is 0 Å². The van der Waals surface area contributed by atoms with E-state index in [1.54, 1.807) is 31.5 Å². The van der Waals surface area contributed by atoms with Gasteiger partial charge in [-0.2, -0.15) is 0 Å². The van der Waals surface area contributed by atoms with Crippen molar-refractivity contribution >= 4 is 11.7 Å². The van der Waals surface area contributed by atoms with Gasteiger partial charge in [-0.25, -0.2) is 4.98 Å². The lowest BCUT2D eigenvalue weighted by Crippen LogP contribution is -2.25. The molecule has 2 N–H and O–H groups in total. The van der Waals surface area contributed by atoms with Crippen LogP contribution >= 0.6 is 0 Å². The molecule has 0 saturated carbocycles. The van der Waals surface area contributed by atoms with E-state index in [4.69, 9.17) is 4.74 Å². The molecular weight excluding hydrogens is 290 g/mol. The van der Waals surface area contributed by atoms with Gasteiger partial charge in [0, 0.05) is 19.3 Å². The third-order valence-corrected chi connectivity index (χ3v) is 3.29. The highest BCUT2D eigenvalue weighted by Crippen LogP contribution is 2.12. The van der Waals surface area contributed by atoms with Crippen LogP contribution in [0.15, 0.2) is 55.3 Å². The predicted octanol–water partition coefficient (Wildman–Crippen LogP) is 2.66. The molecule has 2 rings (SSSR count). The van der Waals surface area contributed by atoms with Gasteiger partial charge in [-0.3, -0.25) is 4.79 Å². The monoisotopic (exact) mass is 311 g/mol. The molecule has 0 saturated heterocycles. The zero-order chi connectivity index (χ0) is 16.5. The van der Waals surface area contributed by atoms with Crippen LogP contribution in [0.5, 0.6) is 5.75 Å². The minimum absolute atomic E-state index is 0.129. The number of nitrogens with one attached hydrogen (secondary N) is 2. The number of aromatic nitrogens is 1. The first-order valence-corrected chi connectivity index (χ1v) is 7.45. The standard InChI is InChI=1S/C18H21N3O2/c1-3-10-19-17-8-7-15(13-21-17)18(22)20-11-9-14-5-4-6-16(12-14)23-2/h3-8,12-13H,1,9-11H2,2H3,(H,19,21)(H,20,22). The van der Waals surface area contributed by atoms with Crippen LogP contribution in [0.2, 0.25) is 0 Å². The molecule has 0 fully saturated rings. The first kappa shape index (κ1) is 16.5. The summed E-state index contributed by atoms with van der Waals surface area (Å²) in [6.07, 6.45) is 4.06. The van der Waals surface area contributed by atoms with E-state index in [9.17, 15) is 4.79 Å².